The lowest BCUT2D eigenvalue weighted by Gasteiger charge is -2.13. The van der Waals surface area contributed by atoms with Gasteiger partial charge in [-0.1, -0.05) is 35.9 Å². The van der Waals surface area contributed by atoms with Crippen LogP contribution in [0.2, 0.25) is 5.02 Å². The third-order valence-corrected chi connectivity index (χ3v) is 7.35. The zero-order valence-electron chi connectivity index (χ0n) is 19.3. The van der Waals surface area contributed by atoms with Crippen LogP contribution in [0.5, 0.6) is 11.5 Å². The first-order valence-electron chi connectivity index (χ1n) is 10.8. The van der Waals surface area contributed by atoms with Crippen LogP contribution in [0.25, 0.3) is 6.08 Å². The molecular weight excluding hydrogens is 587 g/mol. The molecule has 0 atom stereocenters. The van der Waals surface area contributed by atoms with Gasteiger partial charge in [-0.15, -0.1) is 0 Å². The molecule has 1 fully saturated rings. The molecule has 1 aliphatic rings. The van der Waals surface area contributed by atoms with E-state index in [0.717, 1.165) is 16.7 Å². The molecule has 1 N–H and O–H groups in total. The second kappa shape index (κ2) is 11.8. The normalized spacial score (nSPS) is 14.3. The molecule has 0 unspecified atom stereocenters. The molecule has 1 aliphatic heterocycles. The van der Waals surface area contributed by atoms with Crippen molar-refractivity contribution in [3.8, 4) is 11.5 Å². The Morgan fingerprint density at radius 3 is 2.65 bits per heavy atom. The second-order valence-corrected chi connectivity index (χ2v) is 9.99. The topological polar surface area (TPSA) is 84.9 Å². The Hall–Kier alpha value is -3.34. The molecule has 4 rings (SSSR count). The summed E-state index contributed by atoms with van der Waals surface area (Å²) in [5, 5.41) is 2.67. The number of rotatable bonds is 8. The number of amides is 3. The van der Waals surface area contributed by atoms with Gasteiger partial charge < -0.3 is 14.8 Å². The third-order valence-electron chi connectivity index (χ3n) is 5.21. The minimum atomic E-state index is -0.512. The van der Waals surface area contributed by atoms with Gasteiger partial charge in [0.1, 0.15) is 5.82 Å². The van der Waals surface area contributed by atoms with Crippen LogP contribution < -0.4 is 14.8 Å². The Morgan fingerprint density at radius 2 is 1.92 bits per heavy atom. The molecule has 0 spiro atoms. The minimum absolute atomic E-state index is 0.153. The fraction of sp³-hybridized carbons (Fsp3) is 0.115. The van der Waals surface area contributed by atoms with Crippen molar-refractivity contribution in [1.82, 2.24) is 4.90 Å². The van der Waals surface area contributed by atoms with E-state index < -0.39 is 22.9 Å². The number of methoxy groups -OCH3 is 1. The summed E-state index contributed by atoms with van der Waals surface area (Å²) >= 11 is 10.1. The number of benzene rings is 3. The summed E-state index contributed by atoms with van der Waals surface area (Å²) in [5.41, 5.74) is 1.35. The van der Waals surface area contributed by atoms with Crippen molar-refractivity contribution in [1.29, 1.82) is 0 Å². The van der Waals surface area contributed by atoms with E-state index in [4.69, 9.17) is 21.1 Å². The molecule has 11 heteroatoms. The molecule has 3 amide bonds. The lowest BCUT2D eigenvalue weighted by atomic mass is 10.1. The number of nitrogens with zero attached hydrogens (tertiary/aromatic N) is 1. The average Bonchev–Trinajstić information content (AvgIpc) is 3.13. The van der Waals surface area contributed by atoms with Crippen molar-refractivity contribution < 1.29 is 28.2 Å². The number of imide groups is 1. The molecule has 1 heterocycles. The molecule has 190 valence electrons. The zero-order valence-corrected chi connectivity index (χ0v) is 22.5. The summed E-state index contributed by atoms with van der Waals surface area (Å²) in [5.74, 6) is -0.745. The van der Waals surface area contributed by atoms with E-state index in [9.17, 15) is 18.8 Å². The molecule has 1 saturated heterocycles. The van der Waals surface area contributed by atoms with E-state index in [2.05, 4.69) is 21.2 Å². The average molecular weight is 606 g/mol. The zero-order chi connectivity index (χ0) is 26.5. The van der Waals surface area contributed by atoms with Crippen LogP contribution in [0.1, 0.15) is 11.1 Å². The van der Waals surface area contributed by atoms with Crippen molar-refractivity contribution in [2.24, 2.45) is 0 Å². The van der Waals surface area contributed by atoms with Crippen LogP contribution in [0.4, 0.5) is 14.9 Å². The number of ether oxygens (including phenoxy) is 2. The monoisotopic (exact) mass is 604 g/mol. The van der Waals surface area contributed by atoms with Crippen molar-refractivity contribution in [2.75, 3.05) is 19.0 Å². The van der Waals surface area contributed by atoms with Gasteiger partial charge in [0.15, 0.2) is 18.1 Å². The number of thioether (sulfide) groups is 1. The van der Waals surface area contributed by atoms with Crippen molar-refractivity contribution in [3.05, 3.63) is 92.0 Å². The van der Waals surface area contributed by atoms with E-state index in [-0.39, 0.29) is 23.6 Å². The minimum Gasteiger partial charge on any atom is -0.493 e. The van der Waals surface area contributed by atoms with Crippen molar-refractivity contribution >= 4 is 68.1 Å². The lowest BCUT2D eigenvalue weighted by molar-refractivity contribution is -0.123. The molecule has 0 saturated carbocycles. The molecular formula is C26H19BrClFN2O5S. The predicted molar refractivity (Wildman–Crippen MR) is 144 cm³/mol. The van der Waals surface area contributed by atoms with E-state index in [1.165, 1.54) is 25.3 Å². The Morgan fingerprint density at radius 1 is 1.14 bits per heavy atom. The highest BCUT2D eigenvalue weighted by molar-refractivity contribution is 9.10. The quantitative estimate of drug-likeness (QED) is 0.295. The van der Waals surface area contributed by atoms with E-state index in [1.807, 2.05) is 0 Å². The smallest absolute Gasteiger partial charge is 0.293 e. The van der Waals surface area contributed by atoms with Gasteiger partial charge in [0.05, 0.1) is 23.6 Å². The molecule has 7 nitrogen and oxygen atoms in total. The summed E-state index contributed by atoms with van der Waals surface area (Å²) < 4.78 is 25.7. The summed E-state index contributed by atoms with van der Waals surface area (Å²) in [6.45, 7) is -0.433. The molecule has 3 aromatic carbocycles. The first-order chi connectivity index (χ1) is 17.7. The molecule has 3 aromatic rings. The van der Waals surface area contributed by atoms with Gasteiger partial charge in [0.25, 0.3) is 17.1 Å². The maximum atomic E-state index is 14.0. The van der Waals surface area contributed by atoms with Gasteiger partial charge in [0.2, 0.25) is 0 Å². The van der Waals surface area contributed by atoms with Crippen LogP contribution in [-0.2, 0) is 16.1 Å². The Labute approximate surface area is 229 Å². The number of halogens is 3. The highest BCUT2D eigenvalue weighted by atomic mass is 79.9. The Kier molecular flexibility index (Phi) is 8.52. The molecule has 0 aliphatic carbocycles. The van der Waals surface area contributed by atoms with Crippen molar-refractivity contribution in [3.63, 3.8) is 0 Å². The standard InChI is InChI=1S/C26H19BrClFN2O5S/c1-35-22-10-15(6-9-21(22)36-14-24(32)30-17-7-8-18(27)19(28)12-17)11-23-25(33)31(26(34)37-23)13-16-4-2-3-5-20(16)29/h2-12H,13-14H2,1H3,(H,30,32)/b23-11-. The predicted octanol–water partition coefficient (Wildman–Crippen LogP) is 6.50. The van der Waals surface area contributed by atoms with Crippen LogP contribution in [0.15, 0.2) is 70.0 Å². The summed E-state index contributed by atoms with van der Waals surface area (Å²) in [7, 11) is 1.44. The third kappa shape index (κ3) is 6.51. The molecule has 0 aromatic heterocycles. The van der Waals surface area contributed by atoms with Crippen LogP contribution in [-0.4, -0.2) is 35.7 Å². The Balaban J connectivity index is 1.42. The largest absolute Gasteiger partial charge is 0.493 e. The summed E-state index contributed by atoms with van der Waals surface area (Å²) in [4.78, 5) is 38.7. The van der Waals surface area contributed by atoms with Gasteiger partial charge in [-0.2, -0.15) is 0 Å². The fourth-order valence-electron chi connectivity index (χ4n) is 3.39. The van der Waals surface area contributed by atoms with Crippen LogP contribution in [0, 0.1) is 5.82 Å². The number of carbonyl (C=O) groups excluding carboxylic acids is 3. The van der Waals surface area contributed by atoms with E-state index in [0.29, 0.717) is 32.2 Å². The molecule has 37 heavy (non-hydrogen) atoms. The van der Waals surface area contributed by atoms with Gasteiger partial charge in [0, 0.05) is 15.7 Å². The van der Waals surface area contributed by atoms with Gasteiger partial charge in [-0.05, 0) is 75.7 Å². The van der Waals surface area contributed by atoms with Crippen LogP contribution in [0.3, 0.4) is 0 Å². The summed E-state index contributed by atoms with van der Waals surface area (Å²) in [6.07, 6.45) is 1.54. The fourth-order valence-corrected chi connectivity index (χ4v) is 4.66. The first kappa shape index (κ1) is 26.7. The van der Waals surface area contributed by atoms with Crippen LogP contribution >= 0.6 is 39.3 Å². The number of hydrogen-bond acceptors (Lipinski definition) is 6. The number of hydrogen-bond donors (Lipinski definition) is 1. The molecule has 0 bridgehead atoms. The van der Waals surface area contributed by atoms with E-state index >= 15 is 0 Å². The lowest BCUT2D eigenvalue weighted by Crippen LogP contribution is -2.27. The second-order valence-electron chi connectivity index (χ2n) is 7.74. The van der Waals surface area contributed by atoms with Crippen molar-refractivity contribution in [2.45, 2.75) is 6.54 Å². The van der Waals surface area contributed by atoms with Gasteiger partial charge >= 0.3 is 0 Å². The van der Waals surface area contributed by atoms with Gasteiger partial charge in [-0.3, -0.25) is 19.3 Å². The van der Waals surface area contributed by atoms with Gasteiger partial charge in [-0.25, -0.2) is 4.39 Å². The maximum absolute atomic E-state index is 14.0. The SMILES string of the molecule is COc1cc(/C=C2\SC(=O)N(Cc3ccccc3F)C2=O)ccc1OCC(=O)Nc1ccc(Br)c(Cl)c1. The Bertz CT molecular complexity index is 1420. The summed E-state index contributed by atoms with van der Waals surface area (Å²) in [6, 6.07) is 15.9. The van der Waals surface area contributed by atoms with E-state index in [1.54, 1.807) is 48.5 Å². The number of nitrogens with one attached hydrogen (secondary N) is 1. The maximum Gasteiger partial charge on any atom is 0.293 e. The number of anilines is 1. The highest BCUT2D eigenvalue weighted by Crippen LogP contribution is 2.35. The first-order valence-corrected chi connectivity index (χ1v) is 12.8. The number of carbonyl (C=O) groups is 3. The highest BCUT2D eigenvalue weighted by Gasteiger charge is 2.35. The molecule has 0 radical (unpaired) electrons.